The van der Waals surface area contributed by atoms with Crippen molar-refractivity contribution in [3.63, 3.8) is 0 Å². The van der Waals surface area contributed by atoms with E-state index in [9.17, 15) is 0 Å². The minimum absolute atomic E-state index is 0.509. The van der Waals surface area contributed by atoms with Crippen molar-refractivity contribution in [1.82, 2.24) is 0 Å². The van der Waals surface area contributed by atoms with E-state index in [0.717, 1.165) is 51.0 Å². The molecule has 0 aliphatic heterocycles. The van der Waals surface area contributed by atoms with Crippen molar-refractivity contribution in [2.24, 2.45) is 0 Å². The van der Waals surface area contributed by atoms with Gasteiger partial charge in [-0.2, -0.15) is 0 Å². The lowest BCUT2D eigenvalue weighted by molar-refractivity contribution is 0.670. The largest absolute Gasteiger partial charge is 0.453 e. The molecule has 0 radical (unpaired) electrons. The molecule has 1 heterocycles. The van der Waals surface area contributed by atoms with Gasteiger partial charge in [-0.15, -0.1) is 0 Å². The zero-order chi connectivity index (χ0) is 42.2. The van der Waals surface area contributed by atoms with Crippen molar-refractivity contribution in [3.8, 4) is 11.1 Å². The van der Waals surface area contributed by atoms with Crippen molar-refractivity contribution < 1.29 is 4.42 Å². The van der Waals surface area contributed by atoms with Crippen LogP contribution in [0.15, 0.2) is 150 Å². The van der Waals surface area contributed by atoms with Crippen molar-refractivity contribution in [3.05, 3.63) is 173 Å². The Morgan fingerprint density at radius 1 is 0.508 bits per heavy atom. The van der Waals surface area contributed by atoms with Gasteiger partial charge in [-0.3, -0.25) is 0 Å². The van der Waals surface area contributed by atoms with Gasteiger partial charge in [0, 0.05) is 44.2 Å². The van der Waals surface area contributed by atoms with Crippen molar-refractivity contribution in [1.29, 1.82) is 0 Å². The Hall–Kier alpha value is -6.58. The number of nitrogens with zero attached hydrogens (tertiary/aromatic N) is 1. The minimum atomic E-state index is 0.509. The third kappa shape index (κ3) is 6.30. The number of hydrogen-bond acceptors (Lipinski definition) is 3. The van der Waals surface area contributed by atoms with Crippen LogP contribution in [0.2, 0.25) is 0 Å². The van der Waals surface area contributed by atoms with Gasteiger partial charge >= 0.3 is 0 Å². The molecule has 2 fully saturated rings. The number of furan rings is 1. The van der Waals surface area contributed by atoms with E-state index in [2.05, 4.69) is 177 Å². The summed E-state index contributed by atoms with van der Waals surface area (Å²) in [6.45, 7) is 6.63. The summed E-state index contributed by atoms with van der Waals surface area (Å²) in [7, 11) is 0. The third-order valence-corrected chi connectivity index (χ3v) is 14.8. The highest BCUT2D eigenvalue weighted by molar-refractivity contribution is 6.29. The smallest absolute Gasteiger partial charge is 0.159 e. The Balaban J connectivity index is 1.17. The molecule has 0 spiro atoms. The Kier molecular flexibility index (Phi) is 9.29. The van der Waals surface area contributed by atoms with Gasteiger partial charge in [0.1, 0.15) is 5.58 Å². The molecule has 10 aromatic rings. The molecule has 12 rings (SSSR count). The highest BCUT2D eigenvalue weighted by Gasteiger charge is 2.30. The lowest BCUT2D eigenvalue weighted by atomic mass is 9.82. The van der Waals surface area contributed by atoms with Gasteiger partial charge in [0.2, 0.25) is 0 Å². The van der Waals surface area contributed by atoms with Crippen LogP contribution in [-0.4, -0.2) is 0 Å². The monoisotopic (exact) mass is 818 g/mol. The number of aryl methyl sites for hydroxylation is 3. The minimum Gasteiger partial charge on any atom is -0.453 e. The molecule has 3 nitrogen and oxygen atoms in total. The van der Waals surface area contributed by atoms with Gasteiger partial charge in [-0.25, -0.2) is 0 Å². The SMILES string of the molecule is CCc1ccccc1-c1cccc2c1oc1c(N(c3cccc(C)c3)c3cc(C4CCCC4)c4ccc5c(Nc6cccc(C)c6)cc(C6CCCC6)c6ccc3c4c56)cccc12. The van der Waals surface area contributed by atoms with E-state index in [4.69, 9.17) is 4.42 Å². The summed E-state index contributed by atoms with van der Waals surface area (Å²) in [5.74, 6) is 1.07. The quantitative estimate of drug-likeness (QED) is 0.147. The van der Waals surface area contributed by atoms with Crippen LogP contribution < -0.4 is 10.2 Å². The first-order valence-corrected chi connectivity index (χ1v) is 23.5. The fraction of sp³-hybridized carbons (Fsp3) is 0.233. The first-order chi connectivity index (χ1) is 31.0. The van der Waals surface area contributed by atoms with E-state index < -0.39 is 0 Å². The van der Waals surface area contributed by atoms with E-state index in [1.54, 1.807) is 0 Å². The second kappa shape index (κ2) is 15.3. The topological polar surface area (TPSA) is 28.4 Å². The summed E-state index contributed by atoms with van der Waals surface area (Å²) in [6, 6.07) is 55.0. The first-order valence-electron chi connectivity index (χ1n) is 23.5. The molecule has 63 heavy (non-hydrogen) atoms. The summed E-state index contributed by atoms with van der Waals surface area (Å²) in [5.41, 5.74) is 16.8. The molecule has 2 saturated carbocycles. The zero-order valence-electron chi connectivity index (χ0n) is 36.7. The van der Waals surface area contributed by atoms with Crippen molar-refractivity contribution in [2.75, 3.05) is 10.2 Å². The molecule has 3 heteroatoms. The number of nitrogens with one attached hydrogen (secondary N) is 1. The number of benzene rings is 9. The number of fused-ring (bicyclic) bond motifs is 3. The summed E-state index contributed by atoms with van der Waals surface area (Å²) in [5, 5.41) is 14.4. The van der Waals surface area contributed by atoms with Crippen LogP contribution in [0.1, 0.15) is 97.9 Å². The van der Waals surface area contributed by atoms with Gasteiger partial charge in [-0.05, 0) is 155 Å². The van der Waals surface area contributed by atoms with Crippen LogP contribution in [0.5, 0.6) is 0 Å². The Morgan fingerprint density at radius 2 is 1.11 bits per heavy atom. The van der Waals surface area contributed by atoms with E-state index in [0.29, 0.717) is 11.8 Å². The third-order valence-electron chi connectivity index (χ3n) is 14.8. The summed E-state index contributed by atoms with van der Waals surface area (Å²) >= 11 is 0. The molecule has 310 valence electrons. The van der Waals surface area contributed by atoms with Gasteiger partial charge in [-0.1, -0.05) is 136 Å². The zero-order valence-corrected chi connectivity index (χ0v) is 36.7. The van der Waals surface area contributed by atoms with Crippen molar-refractivity contribution >= 4 is 82.7 Å². The van der Waals surface area contributed by atoms with Gasteiger partial charge < -0.3 is 14.6 Å². The molecule has 0 unspecified atom stereocenters. The number of hydrogen-bond donors (Lipinski definition) is 1. The molecule has 0 saturated heterocycles. The van der Waals surface area contributed by atoms with E-state index in [-0.39, 0.29) is 0 Å². The molecule has 2 aliphatic carbocycles. The highest BCUT2D eigenvalue weighted by atomic mass is 16.3. The van der Waals surface area contributed by atoms with Gasteiger partial charge in [0.15, 0.2) is 5.58 Å². The standard InChI is InChI=1S/C60H54N2O/c1-4-39-17-9-10-24-44(39)47-25-13-26-48-49-27-14-28-55(60(49)63-59(47)48)62(43-23-12-16-38(3)34-43)56-36-53(41-20-7-8-21-41)46-29-31-50-54(61-42-22-11-15-37(2)33-42)35-52(40-18-5-6-19-40)45-30-32-51(56)58(46)57(45)50/h9-17,22-36,40-41,61H,4-8,18-21H2,1-3H3. The van der Waals surface area contributed by atoms with Crippen LogP contribution >= 0.6 is 0 Å². The predicted molar refractivity (Wildman–Crippen MR) is 269 cm³/mol. The van der Waals surface area contributed by atoms with Crippen LogP contribution in [-0.2, 0) is 6.42 Å². The van der Waals surface area contributed by atoms with Crippen LogP contribution in [0.3, 0.4) is 0 Å². The van der Waals surface area contributed by atoms with E-state index in [1.807, 2.05) is 0 Å². The number of para-hydroxylation sites is 2. The average molecular weight is 819 g/mol. The summed E-state index contributed by atoms with van der Waals surface area (Å²) in [4.78, 5) is 2.53. The molecule has 1 aromatic heterocycles. The van der Waals surface area contributed by atoms with Crippen LogP contribution in [0, 0.1) is 13.8 Å². The Labute approximate surface area is 370 Å². The lowest BCUT2D eigenvalue weighted by Gasteiger charge is -2.30. The van der Waals surface area contributed by atoms with Crippen LogP contribution in [0.25, 0.3) is 65.4 Å². The molecular weight excluding hydrogens is 765 g/mol. The number of anilines is 5. The Morgan fingerprint density at radius 3 is 1.84 bits per heavy atom. The summed E-state index contributed by atoms with van der Waals surface area (Å²) < 4.78 is 7.28. The first kappa shape index (κ1) is 38.1. The highest BCUT2D eigenvalue weighted by Crippen LogP contribution is 2.53. The maximum absolute atomic E-state index is 7.28. The second-order valence-electron chi connectivity index (χ2n) is 18.7. The molecule has 2 aliphatic rings. The lowest BCUT2D eigenvalue weighted by Crippen LogP contribution is -2.12. The second-order valence-corrected chi connectivity index (χ2v) is 18.7. The fourth-order valence-corrected chi connectivity index (χ4v) is 11.8. The molecule has 9 aromatic carbocycles. The molecular formula is C60H54N2O. The Bertz CT molecular complexity index is 3360. The molecule has 0 bridgehead atoms. The summed E-state index contributed by atoms with van der Waals surface area (Å²) in [6.07, 6.45) is 11.1. The maximum Gasteiger partial charge on any atom is 0.159 e. The molecule has 0 atom stereocenters. The van der Waals surface area contributed by atoms with E-state index >= 15 is 0 Å². The number of rotatable bonds is 9. The molecule has 1 N–H and O–H groups in total. The molecule has 0 amide bonds. The van der Waals surface area contributed by atoms with Crippen LogP contribution in [0.4, 0.5) is 28.4 Å². The maximum atomic E-state index is 7.28. The fourth-order valence-electron chi connectivity index (χ4n) is 11.8. The average Bonchev–Trinajstić information content (AvgIpc) is 4.12. The normalized spacial score (nSPS) is 15.0. The van der Waals surface area contributed by atoms with E-state index in [1.165, 1.54) is 128 Å². The van der Waals surface area contributed by atoms with Crippen molar-refractivity contribution in [2.45, 2.75) is 90.4 Å². The predicted octanol–water partition coefficient (Wildman–Crippen LogP) is 17.9. The van der Waals surface area contributed by atoms with Gasteiger partial charge in [0.25, 0.3) is 0 Å². The van der Waals surface area contributed by atoms with Gasteiger partial charge in [0.05, 0.1) is 11.4 Å².